The molecule has 0 saturated carbocycles. The minimum absolute atomic E-state index is 0.117. The Morgan fingerprint density at radius 3 is 2.91 bits per heavy atom. The molecule has 120 valence electrons. The minimum atomic E-state index is -0.507. The summed E-state index contributed by atoms with van der Waals surface area (Å²) in [6, 6.07) is 7.35. The number of nitrogens with one attached hydrogen (secondary N) is 1. The smallest absolute Gasteiger partial charge is 0.264 e. The molecule has 1 atom stereocenters. The molecule has 23 heavy (non-hydrogen) atoms. The van der Waals surface area contributed by atoms with Crippen molar-refractivity contribution in [2.45, 2.75) is 25.8 Å². The van der Waals surface area contributed by atoms with E-state index in [-0.39, 0.29) is 11.8 Å². The number of hydrogen-bond acceptors (Lipinski definition) is 3. The highest BCUT2D eigenvalue weighted by Crippen LogP contribution is 2.24. The second-order valence-electron chi connectivity index (χ2n) is 5.58. The summed E-state index contributed by atoms with van der Waals surface area (Å²) in [6.07, 6.45) is 1.41. The lowest BCUT2D eigenvalue weighted by Crippen LogP contribution is -2.43. The molecule has 1 fully saturated rings. The summed E-state index contributed by atoms with van der Waals surface area (Å²) in [7, 11) is 0. The molecule has 0 bridgehead atoms. The summed E-state index contributed by atoms with van der Waals surface area (Å²) in [4.78, 5) is 27.3. The van der Waals surface area contributed by atoms with E-state index in [0.29, 0.717) is 23.5 Å². The van der Waals surface area contributed by atoms with E-state index in [1.54, 1.807) is 24.0 Å². The lowest BCUT2D eigenvalue weighted by atomic mass is 10.1. The van der Waals surface area contributed by atoms with E-state index >= 15 is 0 Å². The second kappa shape index (κ2) is 6.50. The van der Waals surface area contributed by atoms with Gasteiger partial charge < -0.3 is 10.2 Å². The number of thiophene rings is 1. The lowest BCUT2D eigenvalue weighted by molar-refractivity contribution is -0.119. The zero-order chi connectivity index (χ0) is 16.4. The first-order chi connectivity index (χ1) is 11.1. The van der Waals surface area contributed by atoms with Crippen molar-refractivity contribution >= 4 is 28.8 Å². The van der Waals surface area contributed by atoms with Gasteiger partial charge in [0.1, 0.15) is 11.9 Å². The molecule has 2 heterocycles. The zero-order valence-corrected chi connectivity index (χ0v) is 13.5. The molecule has 2 aromatic rings. The number of likely N-dealkylation sites (tertiary alicyclic amines) is 1. The normalized spacial score (nSPS) is 17.3. The maximum atomic E-state index is 13.4. The summed E-state index contributed by atoms with van der Waals surface area (Å²) in [6.45, 7) is 2.37. The van der Waals surface area contributed by atoms with Crippen LogP contribution >= 0.6 is 11.3 Å². The molecule has 3 rings (SSSR count). The first kappa shape index (κ1) is 15.7. The second-order valence-corrected chi connectivity index (χ2v) is 6.53. The molecule has 1 N–H and O–H groups in total. The SMILES string of the molecule is Cc1ccc(F)cc1NC(=O)C1CCCN1C(=O)c1cccs1. The highest BCUT2D eigenvalue weighted by Gasteiger charge is 2.35. The van der Waals surface area contributed by atoms with Gasteiger partial charge in [-0.25, -0.2) is 4.39 Å². The molecule has 6 heteroatoms. The number of amides is 2. The molecule has 1 aliphatic rings. The van der Waals surface area contributed by atoms with Crippen molar-refractivity contribution in [3.63, 3.8) is 0 Å². The number of aryl methyl sites for hydroxylation is 1. The number of carbonyl (C=O) groups is 2. The highest BCUT2D eigenvalue weighted by molar-refractivity contribution is 7.12. The molecule has 1 aliphatic heterocycles. The maximum Gasteiger partial charge on any atom is 0.264 e. The summed E-state index contributed by atoms with van der Waals surface area (Å²) in [5, 5.41) is 4.60. The Hall–Kier alpha value is -2.21. The molecule has 2 amide bonds. The molecule has 1 saturated heterocycles. The summed E-state index contributed by atoms with van der Waals surface area (Å²) < 4.78 is 13.4. The first-order valence-electron chi connectivity index (χ1n) is 7.48. The number of carbonyl (C=O) groups excluding carboxylic acids is 2. The fourth-order valence-electron chi connectivity index (χ4n) is 2.77. The largest absolute Gasteiger partial charge is 0.326 e. The number of halogens is 1. The topological polar surface area (TPSA) is 49.4 Å². The van der Waals surface area contributed by atoms with E-state index in [1.807, 2.05) is 11.4 Å². The molecule has 1 aromatic heterocycles. The van der Waals surface area contributed by atoms with Crippen LogP contribution in [0.2, 0.25) is 0 Å². The fourth-order valence-corrected chi connectivity index (χ4v) is 3.45. The van der Waals surface area contributed by atoms with Crippen LogP contribution in [0.3, 0.4) is 0 Å². The third-order valence-corrected chi connectivity index (χ3v) is 4.86. The van der Waals surface area contributed by atoms with Crippen molar-refractivity contribution in [2.75, 3.05) is 11.9 Å². The van der Waals surface area contributed by atoms with Gasteiger partial charge in [0, 0.05) is 12.2 Å². The van der Waals surface area contributed by atoms with Gasteiger partial charge >= 0.3 is 0 Å². The van der Waals surface area contributed by atoms with Gasteiger partial charge in [-0.2, -0.15) is 0 Å². The number of rotatable bonds is 3. The van der Waals surface area contributed by atoms with Crippen molar-refractivity contribution in [1.29, 1.82) is 0 Å². The van der Waals surface area contributed by atoms with Gasteiger partial charge in [-0.1, -0.05) is 12.1 Å². The quantitative estimate of drug-likeness (QED) is 0.936. The Morgan fingerprint density at radius 1 is 1.35 bits per heavy atom. The third kappa shape index (κ3) is 3.27. The number of benzene rings is 1. The summed E-state index contributed by atoms with van der Waals surface area (Å²) in [5.41, 5.74) is 1.24. The lowest BCUT2D eigenvalue weighted by Gasteiger charge is -2.23. The molecule has 4 nitrogen and oxygen atoms in total. The van der Waals surface area contributed by atoms with Gasteiger partial charge in [-0.05, 0) is 48.9 Å². The van der Waals surface area contributed by atoms with Crippen LogP contribution in [-0.4, -0.2) is 29.3 Å². The average molecular weight is 332 g/mol. The predicted molar refractivity (Wildman–Crippen MR) is 88.1 cm³/mol. The summed E-state index contributed by atoms with van der Waals surface area (Å²) in [5.74, 6) is -0.779. The van der Waals surface area contributed by atoms with Crippen molar-refractivity contribution < 1.29 is 14.0 Å². The van der Waals surface area contributed by atoms with Crippen LogP contribution in [0.4, 0.5) is 10.1 Å². The van der Waals surface area contributed by atoms with Gasteiger partial charge in [-0.3, -0.25) is 9.59 Å². The van der Waals surface area contributed by atoms with Gasteiger partial charge in [0.2, 0.25) is 5.91 Å². The van der Waals surface area contributed by atoms with Crippen LogP contribution in [0.15, 0.2) is 35.7 Å². The standard InChI is InChI=1S/C17H17FN2O2S/c1-11-6-7-12(18)10-13(11)19-16(21)14-4-2-8-20(14)17(22)15-5-3-9-23-15/h3,5-7,9-10,14H,2,4,8H2,1H3,(H,19,21). The van der Waals surface area contributed by atoms with Crippen molar-refractivity contribution in [2.24, 2.45) is 0 Å². The van der Waals surface area contributed by atoms with Crippen molar-refractivity contribution in [3.05, 3.63) is 52.0 Å². The molecular weight excluding hydrogens is 315 g/mol. The van der Waals surface area contributed by atoms with E-state index in [9.17, 15) is 14.0 Å². The Morgan fingerprint density at radius 2 is 2.17 bits per heavy atom. The van der Waals surface area contributed by atoms with Gasteiger partial charge in [0.05, 0.1) is 4.88 Å². The van der Waals surface area contributed by atoms with E-state index < -0.39 is 11.9 Å². The fraction of sp³-hybridized carbons (Fsp3) is 0.294. The predicted octanol–water partition coefficient (Wildman–Crippen LogP) is 3.44. The minimum Gasteiger partial charge on any atom is -0.326 e. The molecule has 1 unspecified atom stereocenters. The molecule has 1 aromatic carbocycles. The number of hydrogen-bond donors (Lipinski definition) is 1. The monoisotopic (exact) mass is 332 g/mol. The Balaban J connectivity index is 1.76. The molecule has 0 aliphatic carbocycles. The molecule has 0 radical (unpaired) electrons. The van der Waals surface area contributed by atoms with Crippen LogP contribution in [0.1, 0.15) is 28.1 Å². The molecular formula is C17H17FN2O2S. The average Bonchev–Trinajstić information content (AvgIpc) is 3.20. The highest BCUT2D eigenvalue weighted by atomic mass is 32.1. The van der Waals surface area contributed by atoms with Gasteiger partial charge in [0.25, 0.3) is 5.91 Å². The number of nitrogens with zero attached hydrogens (tertiary/aromatic N) is 1. The third-order valence-electron chi connectivity index (χ3n) is 4.01. The van der Waals surface area contributed by atoms with E-state index in [4.69, 9.17) is 0 Å². The first-order valence-corrected chi connectivity index (χ1v) is 8.36. The summed E-state index contributed by atoms with van der Waals surface area (Å²) >= 11 is 1.37. The number of anilines is 1. The van der Waals surface area contributed by atoms with Crippen molar-refractivity contribution in [1.82, 2.24) is 4.90 Å². The molecule has 0 spiro atoms. The van der Waals surface area contributed by atoms with Crippen LogP contribution in [0, 0.1) is 12.7 Å². The van der Waals surface area contributed by atoms with Crippen LogP contribution in [0.25, 0.3) is 0 Å². The Bertz CT molecular complexity index is 730. The van der Waals surface area contributed by atoms with Gasteiger partial charge in [0.15, 0.2) is 0 Å². The van der Waals surface area contributed by atoms with Crippen LogP contribution in [0.5, 0.6) is 0 Å². The van der Waals surface area contributed by atoms with E-state index in [0.717, 1.165) is 12.0 Å². The van der Waals surface area contributed by atoms with Crippen LogP contribution < -0.4 is 5.32 Å². The van der Waals surface area contributed by atoms with E-state index in [1.165, 1.54) is 23.5 Å². The Kier molecular flexibility index (Phi) is 4.43. The van der Waals surface area contributed by atoms with Crippen LogP contribution in [-0.2, 0) is 4.79 Å². The maximum absolute atomic E-state index is 13.4. The Labute approximate surface area is 137 Å². The van der Waals surface area contributed by atoms with Gasteiger partial charge in [-0.15, -0.1) is 11.3 Å². The van der Waals surface area contributed by atoms with E-state index in [2.05, 4.69) is 5.32 Å². The van der Waals surface area contributed by atoms with Crippen molar-refractivity contribution in [3.8, 4) is 0 Å². The zero-order valence-electron chi connectivity index (χ0n) is 12.7.